The fraction of sp³-hybridized carbons (Fsp3) is 0.238. The van der Waals surface area contributed by atoms with Gasteiger partial charge in [-0.2, -0.15) is 0 Å². The Kier molecular flexibility index (Phi) is 3.75. The molecule has 1 aliphatic heterocycles. The number of halogens is 1. The molecule has 4 rings (SSSR count). The monoisotopic (exact) mass is 334 g/mol. The Morgan fingerprint density at radius 1 is 1.16 bits per heavy atom. The van der Waals surface area contributed by atoms with E-state index in [4.69, 9.17) is 0 Å². The highest BCUT2D eigenvalue weighted by Gasteiger charge is 2.34. The van der Waals surface area contributed by atoms with Crippen molar-refractivity contribution in [1.29, 1.82) is 0 Å². The molecule has 0 radical (unpaired) electrons. The molecule has 1 aromatic heterocycles. The summed E-state index contributed by atoms with van der Waals surface area (Å²) in [4.78, 5) is 19.6. The second kappa shape index (κ2) is 5.96. The quantitative estimate of drug-likeness (QED) is 0.687. The zero-order chi connectivity index (χ0) is 17.6. The number of aromatic nitrogens is 1. The number of hydrogen-bond donors (Lipinski definition) is 0. The molecule has 3 nitrogen and oxygen atoms in total. The second-order valence-electron chi connectivity index (χ2n) is 6.64. The van der Waals surface area contributed by atoms with E-state index in [1.54, 1.807) is 12.1 Å². The molecular weight excluding hydrogens is 315 g/mol. The molecule has 0 aliphatic carbocycles. The molecule has 0 N–H and O–H groups in total. The maximum absolute atomic E-state index is 13.2. The first-order chi connectivity index (χ1) is 12.0. The second-order valence-corrected chi connectivity index (χ2v) is 6.64. The summed E-state index contributed by atoms with van der Waals surface area (Å²) in [5.41, 5.74) is 4.45. The van der Waals surface area contributed by atoms with Gasteiger partial charge in [-0.05, 0) is 49.6 Å². The van der Waals surface area contributed by atoms with E-state index < -0.39 is 0 Å². The van der Waals surface area contributed by atoms with E-state index in [0.717, 1.165) is 40.7 Å². The van der Waals surface area contributed by atoms with Gasteiger partial charge in [-0.3, -0.25) is 9.78 Å². The maximum Gasteiger partial charge on any atom is 0.255 e. The number of fused-ring (bicyclic) bond motifs is 1. The van der Waals surface area contributed by atoms with Crippen molar-refractivity contribution in [2.75, 3.05) is 6.54 Å². The summed E-state index contributed by atoms with van der Waals surface area (Å²) in [6.07, 6.45) is 0.901. The molecule has 3 aromatic rings. The lowest BCUT2D eigenvalue weighted by atomic mass is 9.93. The largest absolute Gasteiger partial charge is 0.331 e. The van der Waals surface area contributed by atoms with Gasteiger partial charge in [0.15, 0.2) is 0 Å². The van der Waals surface area contributed by atoms with E-state index >= 15 is 0 Å². The van der Waals surface area contributed by atoms with Gasteiger partial charge in [0, 0.05) is 17.6 Å². The summed E-state index contributed by atoms with van der Waals surface area (Å²) in [7, 11) is 0. The van der Waals surface area contributed by atoms with Gasteiger partial charge in [0.05, 0.1) is 17.1 Å². The van der Waals surface area contributed by atoms with Gasteiger partial charge in [0.1, 0.15) is 5.82 Å². The number of aryl methyl sites for hydroxylation is 2. The number of carbonyl (C=O) groups excluding carboxylic acids is 1. The maximum atomic E-state index is 13.2. The van der Waals surface area contributed by atoms with Crippen LogP contribution in [0.4, 0.5) is 4.39 Å². The molecule has 25 heavy (non-hydrogen) atoms. The van der Waals surface area contributed by atoms with E-state index in [1.165, 1.54) is 12.1 Å². The molecule has 1 fully saturated rings. The number of nitrogens with zero attached hydrogens (tertiary/aromatic N) is 2. The van der Waals surface area contributed by atoms with Crippen LogP contribution in [0, 0.1) is 19.7 Å². The number of rotatable bonds is 2. The Hall–Kier alpha value is -2.75. The minimum Gasteiger partial charge on any atom is -0.331 e. The highest BCUT2D eigenvalue weighted by atomic mass is 19.1. The molecule has 4 heteroatoms. The zero-order valence-electron chi connectivity index (χ0n) is 14.3. The van der Waals surface area contributed by atoms with E-state index in [0.29, 0.717) is 5.56 Å². The Labute approximate surface area is 146 Å². The van der Waals surface area contributed by atoms with Crippen LogP contribution in [0.3, 0.4) is 0 Å². The predicted octanol–water partition coefficient (Wildman–Crippen LogP) is 4.58. The van der Waals surface area contributed by atoms with Crippen molar-refractivity contribution in [2.24, 2.45) is 0 Å². The van der Waals surface area contributed by atoms with Crippen molar-refractivity contribution in [2.45, 2.75) is 26.3 Å². The molecule has 1 atom stereocenters. The van der Waals surface area contributed by atoms with Crippen LogP contribution >= 0.6 is 0 Å². The van der Waals surface area contributed by atoms with Gasteiger partial charge in [-0.15, -0.1) is 0 Å². The average Bonchev–Trinajstić information content (AvgIpc) is 2.56. The molecule has 1 saturated heterocycles. The van der Waals surface area contributed by atoms with Gasteiger partial charge >= 0.3 is 0 Å². The van der Waals surface area contributed by atoms with Crippen LogP contribution < -0.4 is 0 Å². The van der Waals surface area contributed by atoms with Crippen LogP contribution in [-0.4, -0.2) is 22.3 Å². The van der Waals surface area contributed by atoms with E-state index in [1.807, 2.05) is 43.0 Å². The van der Waals surface area contributed by atoms with Crippen molar-refractivity contribution in [3.05, 3.63) is 76.7 Å². The minimum atomic E-state index is -0.257. The predicted molar refractivity (Wildman–Crippen MR) is 96.0 cm³/mol. The lowest BCUT2D eigenvalue weighted by Crippen LogP contribution is -2.45. The Morgan fingerprint density at radius 3 is 2.60 bits per heavy atom. The number of amides is 1. The van der Waals surface area contributed by atoms with E-state index in [2.05, 4.69) is 4.98 Å². The molecule has 0 saturated carbocycles. The summed E-state index contributed by atoms with van der Waals surface area (Å²) in [5.74, 6) is -0.242. The zero-order valence-corrected chi connectivity index (χ0v) is 14.3. The molecular formula is C21H19FN2O. The van der Waals surface area contributed by atoms with Gasteiger partial charge in [0.25, 0.3) is 5.91 Å². The minimum absolute atomic E-state index is 0.0152. The van der Waals surface area contributed by atoms with Crippen LogP contribution in [0.1, 0.15) is 39.6 Å². The first-order valence-electron chi connectivity index (χ1n) is 8.48. The van der Waals surface area contributed by atoms with Crippen LogP contribution in [0.15, 0.2) is 48.5 Å². The van der Waals surface area contributed by atoms with E-state index in [9.17, 15) is 9.18 Å². The first kappa shape index (κ1) is 15.8. The number of hydrogen-bond acceptors (Lipinski definition) is 2. The Morgan fingerprint density at radius 2 is 1.92 bits per heavy atom. The lowest BCUT2D eigenvalue weighted by molar-refractivity contribution is 0.0462. The summed E-state index contributed by atoms with van der Waals surface area (Å²) >= 11 is 0. The van der Waals surface area contributed by atoms with Gasteiger partial charge in [-0.1, -0.05) is 30.3 Å². The SMILES string of the molecule is Cc1cc(C(=O)N2CCC2c2ccc(F)cc2)c2cccc(C)c2n1. The fourth-order valence-corrected chi connectivity index (χ4v) is 3.51. The highest BCUT2D eigenvalue weighted by Crippen LogP contribution is 2.35. The van der Waals surface area contributed by atoms with Crippen LogP contribution in [0.25, 0.3) is 10.9 Å². The van der Waals surface area contributed by atoms with Crippen LogP contribution in [0.2, 0.25) is 0 Å². The van der Waals surface area contributed by atoms with Gasteiger partial charge in [-0.25, -0.2) is 4.39 Å². The number of para-hydroxylation sites is 1. The Bertz CT molecular complexity index is 966. The van der Waals surface area contributed by atoms with Crippen LogP contribution in [0.5, 0.6) is 0 Å². The average molecular weight is 334 g/mol. The number of benzene rings is 2. The number of likely N-dealkylation sites (tertiary alicyclic amines) is 1. The van der Waals surface area contributed by atoms with Gasteiger partial charge in [0.2, 0.25) is 0 Å². The summed E-state index contributed by atoms with van der Waals surface area (Å²) < 4.78 is 13.2. The van der Waals surface area contributed by atoms with Gasteiger partial charge < -0.3 is 4.90 Å². The normalized spacial score (nSPS) is 16.8. The number of pyridine rings is 1. The lowest BCUT2D eigenvalue weighted by Gasteiger charge is -2.41. The molecule has 126 valence electrons. The third-order valence-corrected chi connectivity index (χ3v) is 4.94. The molecule has 2 aromatic carbocycles. The topological polar surface area (TPSA) is 33.2 Å². The Balaban J connectivity index is 1.73. The van der Waals surface area contributed by atoms with Crippen LogP contribution in [-0.2, 0) is 0 Å². The van der Waals surface area contributed by atoms with Crippen molar-refractivity contribution in [3.8, 4) is 0 Å². The summed E-state index contributed by atoms with van der Waals surface area (Å²) in [6, 6.07) is 14.2. The highest BCUT2D eigenvalue weighted by molar-refractivity contribution is 6.07. The third-order valence-electron chi connectivity index (χ3n) is 4.94. The molecule has 1 aliphatic rings. The molecule has 2 heterocycles. The molecule has 0 bridgehead atoms. The van der Waals surface area contributed by atoms with Crippen molar-refractivity contribution in [1.82, 2.24) is 9.88 Å². The first-order valence-corrected chi connectivity index (χ1v) is 8.48. The smallest absolute Gasteiger partial charge is 0.255 e. The summed E-state index contributed by atoms with van der Waals surface area (Å²) in [5, 5.41) is 0.889. The third kappa shape index (κ3) is 2.68. The summed E-state index contributed by atoms with van der Waals surface area (Å²) in [6.45, 7) is 4.64. The van der Waals surface area contributed by atoms with Crippen molar-refractivity contribution >= 4 is 16.8 Å². The molecule has 1 unspecified atom stereocenters. The fourth-order valence-electron chi connectivity index (χ4n) is 3.51. The standard InChI is InChI=1S/C21H19FN2O/c1-13-4-3-5-17-18(12-14(2)23-20(13)17)21(25)24-11-10-19(24)15-6-8-16(22)9-7-15/h3-9,12,19H,10-11H2,1-2H3. The molecule has 1 amide bonds. The number of carbonyl (C=O) groups is 1. The van der Waals surface area contributed by atoms with Crippen molar-refractivity contribution in [3.63, 3.8) is 0 Å². The van der Waals surface area contributed by atoms with Crippen molar-refractivity contribution < 1.29 is 9.18 Å². The molecule has 0 spiro atoms. The van der Waals surface area contributed by atoms with E-state index in [-0.39, 0.29) is 17.8 Å².